The zero-order valence-corrected chi connectivity index (χ0v) is 20.4. The lowest BCUT2D eigenvalue weighted by Crippen LogP contribution is -2.29. The van der Waals surface area contributed by atoms with E-state index in [0.29, 0.717) is 24.1 Å². The first kappa shape index (κ1) is 22.3. The number of hydrogen-bond donors (Lipinski definition) is 0. The van der Waals surface area contributed by atoms with Gasteiger partial charge in [-0.3, -0.25) is 19.3 Å². The Balaban J connectivity index is 1.37. The number of nitrogens with zero attached hydrogens (tertiary/aromatic N) is 3. The van der Waals surface area contributed by atoms with E-state index in [-0.39, 0.29) is 30.3 Å². The molecule has 1 aromatic heterocycles. The number of aryl methyl sites for hydroxylation is 1. The van der Waals surface area contributed by atoms with Crippen LogP contribution in [0.5, 0.6) is 0 Å². The zero-order chi connectivity index (χ0) is 25.0. The average molecular weight is 478 g/mol. The molecule has 6 nitrogen and oxygen atoms in total. The maximum absolute atomic E-state index is 12.9. The molecule has 4 aromatic rings. The monoisotopic (exact) mass is 477 g/mol. The first-order valence-electron chi connectivity index (χ1n) is 12.3. The van der Waals surface area contributed by atoms with Gasteiger partial charge in [-0.2, -0.15) is 0 Å². The minimum absolute atomic E-state index is 0.0176. The van der Waals surface area contributed by atoms with E-state index in [0.717, 1.165) is 39.7 Å². The molecular weight excluding hydrogens is 450 g/mol. The van der Waals surface area contributed by atoms with Crippen molar-refractivity contribution in [1.29, 1.82) is 0 Å². The predicted octanol–water partition coefficient (Wildman–Crippen LogP) is 5.15. The van der Waals surface area contributed by atoms with Crippen molar-refractivity contribution < 1.29 is 14.4 Å². The molecule has 180 valence electrons. The van der Waals surface area contributed by atoms with E-state index in [1.54, 1.807) is 24.3 Å². The van der Waals surface area contributed by atoms with Crippen molar-refractivity contribution in [3.63, 3.8) is 0 Å². The van der Waals surface area contributed by atoms with E-state index in [1.165, 1.54) is 4.90 Å². The number of carbonyl (C=O) groups is 3. The summed E-state index contributed by atoms with van der Waals surface area (Å²) >= 11 is 0. The summed E-state index contributed by atoms with van der Waals surface area (Å²) < 4.78 is 2.17. The van der Waals surface area contributed by atoms with Crippen molar-refractivity contribution in [3.05, 3.63) is 106 Å². The Hall–Kier alpha value is -4.19. The van der Waals surface area contributed by atoms with E-state index in [2.05, 4.69) is 35.8 Å². The highest BCUT2D eigenvalue weighted by molar-refractivity contribution is 6.21. The van der Waals surface area contributed by atoms with Gasteiger partial charge < -0.3 is 9.47 Å². The van der Waals surface area contributed by atoms with Crippen molar-refractivity contribution in [2.45, 2.75) is 38.9 Å². The second kappa shape index (κ2) is 8.48. The predicted molar refractivity (Wildman–Crippen MR) is 137 cm³/mol. The minimum Gasteiger partial charge on any atom is -0.348 e. The quantitative estimate of drug-likeness (QED) is 0.374. The highest BCUT2D eigenvalue weighted by Gasteiger charge is 2.37. The van der Waals surface area contributed by atoms with Gasteiger partial charge in [-0.1, -0.05) is 48.5 Å². The number of imide groups is 1. The van der Waals surface area contributed by atoms with E-state index in [4.69, 9.17) is 0 Å². The highest BCUT2D eigenvalue weighted by Crippen LogP contribution is 2.41. The molecule has 36 heavy (non-hydrogen) atoms. The SMILES string of the molecule is Cc1c(C2CCC(=O)N2Cc2ccccc2)c2cc(CN3C(=O)c4ccccc4C3=O)ccc2n1C. The van der Waals surface area contributed by atoms with Gasteiger partial charge >= 0.3 is 0 Å². The molecule has 1 unspecified atom stereocenters. The lowest BCUT2D eigenvalue weighted by molar-refractivity contribution is -0.129. The molecule has 2 aliphatic heterocycles. The second-order valence-corrected chi connectivity index (χ2v) is 9.71. The Labute approximate surface area is 209 Å². The molecule has 0 N–H and O–H groups in total. The molecule has 0 saturated carbocycles. The van der Waals surface area contributed by atoms with Crippen molar-refractivity contribution in [2.75, 3.05) is 0 Å². The van der Waals surface area contributed by atoms with Crippen LogP contribution in [0.1, 0.15) is 62.0 Å². The van der Waals surface area contributed by atoms with E-state index >= 15 is 0 Å². The summed E-state index contributed by atoms with van der Waals surface area (Å²) in [4.78, 5) is 42.1. The summed E-state index contributed by atoms with van der Waals surface area (Å²) in [5.41, 5.74) is 6.28. The van der Waals surface area contributed by atoms with Crippen LogP contribution in [0.15, 0.2) is 72.8 Å². The molecule has 0 aliphatic carbocycles. The molecule has 6 heteroatoms. The van der Waals surface area contributed by atoms with Crippen LogP contribution >= 0.6 is 0 Å². The molecule has 2 aliphatic rings. The molecule has 1 fully saturated rings. The Kier molecular flexibility index (Phi) is 5.25. The van der Waals surface area contributed by atoms with Crippen LogP contribution in [0, 0.1) is 6.92 Å². The standard InChI is InChI=1S/C30H27N3O3/c1-19-28(26-14-15-27(34)32(26)17-20-8-4-3-5-9-20)24-16-21(12-13-25(24)31(19)2)18-33-29(35)22-10-6-7-11-23(22)30(33)36/h3-13,16,26H,14-15,17-18H2,1-2H3. The number of likely N-dealkylation sites (tertiary alicyclic amines) is 1. The lowest BCUT2D eigenvalue weighted by Gasteiger charge is -2.26. The summed E-state index contributed by atoms with van der Waals surface area (Å²) in [5.74, 6) is -0.339. The number of hydrogen-bond acceptors (Lipinski definition) is 3. The van der Waals surface area contributed by atoms with E-state index in [1.807, 2.05) is 36.2 Å². The Bertz CT molecular complexity index is 1500. The number of benzene rings is 3. The number of amides is 3. The van der Waals surface area contributed by atoms with Crippen LogP contribution < -0.4 is 0 Å². The number of carbonyl (C=O) groups excluding carboxylic acids is 3. The van der Waals surface area contributed by atoms with Gasteiger partial charge in [-0.25, -0.2) is 0 Å². The van der Waals surface area contributed by atoms with Gasteiger partial charge in [-0.05, 0) is 48.7 Å². The lowest BCUT2D eigenvalue weighted by atomic mass is 9.99. The summed E-state index contributed by atoms with van der Waals surface area (Å²) in [6, 6.07) is 23.2. The highest BCUT2D eigenvalue weighted by atomic mass is 16.2. The van der Waals surface area contributed by atoms with Crippen LogP contribution in [-0.4, -0.2) is 32.1 Å². The molecule has 0 bridgehead atoms. The summed E-state index contributed by atoms with van der Waals surface area (Å²) in [6.07, 6.45) is 1.30. The van der Waals surface area contributed by atoms with Crippen LogP contribution in [0.2, 0.25) is 0 Å². The maximum Gasteiger partial charge on any atom is 0.261 e. The van der Waals surface area contributed by atoms with Crippen LogP contribution in [-0.2, 0) is 24.9 Å². The normalized spacial score (nSPS) is 17.5. The molecule has 1 saturated heterocycles. The van der Waals surface area contributed by atoms with Crippen LogP contribution in [0.4, 0.5) is 0 Å². The van der Waals surface area contributed by atoms with Gasteiger partial charge in [0.1, 0.15) is 0 Å². The molecule has 0 spiro atoms. The third-order valence-electron chi connectivity index (χ3n) is 7.68. The summed E-state index contributed by atoms with van der Waals surface area (Å²) in [6.45, 7) is 2.89. The van der Waals surface area contributed by atoms with Gasteiger partial charge in [0.2, 0.25) is 5.91 Å². The minimum atomic E-state index is -0.254. The van der Waals surface area contributed by atoms with Crippen molar-refractivity contribution >= 4 is 28.6 Å². The summed E-state index contributed by atoms with van der Waals surface area (Å²) in [5, 5.41) is 1.07. The number of aromatic nitrogens is 1. The zero-order valence-electron chi connectivity index (χ0n) is 20.4. The molecule has 3 amide bonds. The van der Waals surface area contributed by atoms with Crippen LogP contribution in [0.3, 0.4) is 0 Å². The molecule has 0 radical (unpaired) electrons. The third-order valence-corrected chi connectivity index (χ3v) is 7.68. The van der Waals surface area contributed by atoms with Crippen molar-refractivity contribution in [2.24, 2.45) is 7.05 Å². The molecular formula is C30H27N3O3. The van der Waals surface area contributed by atoms with E-state index < -0.39 is 0 Å². The Morgan fingerprint density at radius 1 is 0.806 bits per heavy atom. The fraction of sp³-hybridized carbons (Fsp3) is 0.233. The first-order valence-corrected chi connectivity index (χ1v) is 12.3. The molecule has 3 aromatic carbocycles. The van der Waals surface area contributed by atoms with Crippen molar-refractivity contribution in [1.82, 2.24) is 14.4 Å². The van der Waals surface area contributed by atoms with Gasteiger partial charge in [0.25, 0.3) is 11.8 Å². The van der Waals surface area contributed by atoms with Gasteiger partial charge in [0.15, 0.2) is 0 Å². The average Bonchev–Trinajstić information content (AvgIpc) is 3.46. The number of fused-ring (bicyclic) bond motifs is 2. The largest absolute Gasteiger partial charge is 0.348 e. The molecule has 3 heterocycles. The third kappa shape index (κ3) is 3.44. The van der Waals surface area contributed by atoms with Gasteiger partial charge in [0, 0.05) is 42.2 Å². The first-order chi connectivity index (χ1) is 17.4. The number of rotatable bonds is 5. The second-order valence-electron chi connectivity index (χ2n) is 9.71. The smallest absolute Gasteiger partial charge is 0.261 e. The van der Waals surface area contributed by atoms with Crippen molar-refractivity contribution in [3.8, 4) is 0 Å². The van der Waals surface area contributed by atoms with E-state index in [9.17, 15) is 14.4 Å². The Morgan fingerprint density at radius 2 is 1.47 bits per heavy atom. The molecule has 6 rings (SSSR count). The fourth-order valence-electron chi connectivity index (χ4n) is 5.74. The van der Waals surface area contributed by atoms with Crippen LogP contribution in [0.25, 0.3) is 10.9 Å². The maximum atomic E-state index is 12.9. The molecule has 1 atom stereocenters. The summed E-state index contributed by atoms with van der Waals surface area (Å²) in [7, 11) is 2.04. The Morgan fingerprint density at radius 3 is 2.17 bits per heavy atom. The van der Waals surface area contributed by atoms with Gasteiger partial charge in [-0.15, -0.1) is 0 Å². The topological polar surface area (TPSA) is 62.6 Å². The fourth-order valence-corrected chi connectivity index (χ4v) is 5.74. The van der Waals surface area contributed by atoms with Gasteiger partial charge in [0.05, 0.1) is 23.7 Å².